The Morgan fingerprint density at radius 1 is 1.03 bits per heavy atom. The van der Waals surface area contributed by atoms with Crippen LogP contribution in [-0.2, 0) is 9.53 Å². The molecular weight excluding hydrogens is 426 g/mol. The number of aromatic nitrogens is 2. The first kappa shape index (κ1) is 23.0. The molecule has 0 unspecified atom stereocenters. The zero-order chi connectivity index (χ0) is 24.1. The number of rotatable bonds is 7. The number of hydrogen-bond donors (Lipinski definition) is 1. The molecule has 0 saturated heterocycles. The fourth-order valence-electron chi connectivity index (χ4n) is 3.59. The molecule has 2 heterocycles. The van der Waals surface area contributed by atoms with E-state index in [1.807, 2.05) is 67.8 Å². The van der Waals surface area contributed by atoms with Crippen LogP contribution in [0.3, 0.4) is 0 Å². The minimum atomic E-state index is -0.405. The fraction of sp³-hybridized carbons (Fsp3) is 0.179. The summed E-state index contributed by atoms with van der Waals surface area (Å²) < 4.78 is 7.14. The molecule has 0 saturated carbocycles. The summed E-state index contributed by atoms with van der Waals surface area (Å²) in [6, 6.07) is 18.9. The van der Waals surface area contributed by atoms with Crippen molar-refractivity contribution in [3.05, 3.63) is 95.3 Å². The first-order chi connectivity index (χ1) is 16.4. The van der Waals surface area contributed by atoms with Gasteiger partial charge in [-0.15, -0.1) is 0 Å². The average molecular weight is 454 g/mol. The van der Waals surface area contributed by atoms with Crippen LogP contribution in [0.5, 0.6) is 0 Å². The van der Waals surface area contributed by atoms with Crippen LogP contribution in [-0.4, -0.2) is 27.9 Å². The lowest BCUT2D eigenvalue weighted by Gasteiger charge is -2.06. The van der Waals surface area contributed by atoms with Gasteiger partial charge in [0.25, 0.3) is 0 Å². The van der Waals surface area contributed by atoms with Gasteiger partial charge in [-0.05, 0) is 62.2 Å². The van der Waals surface area contributed by atoms with E-state index in [-0.39, 0.29) is 5.91 Å². The Balaban J connectivity index is 1.60. The van der Waals surface area contributed by atoms with Crippen LogP contribution >= 0.6 is 0 Å². The highest BCUT2D eigenvalue weighted by atomic mass is 16.5. The van der Waals surface area contributed by atoms with E-state index in [4.69, 9.17) is 9.72 Å². The molecule has 0 bridgehead atoms. The Morgan fingerprint density at radius 2 is 1.82 bits per heavy atom. The third-order valence-electron chi connectivity index (χ3n) is 5.34. The number of carbonyl (C=O) groups is 2. The van der Waals surface area contributed by atoms with Crippen LogP contribution in [0.2, 0.25) is 0 Å². The second-order valence-electron chi connectivity index (χ2n) is 8.18. The summed E-state index contributed by atoms with van der Waals surface area (Å²) in [6.07, 6.45) is 5.95. The number of hydrogen-bond acceptors (Lipinski definition) is 4. The molecular formula is C28H27N3O3. The number of esters is 1. The average Bonchev–Trinajstić information content (AvgIpc) is 3.19. The summed E-state index contributed by atoms with van der Waals surface area (Å²) in [6.45, 7) is 6.36. The van der Waals surface area contributed by atoms with E-state index in [0.717, 1.165) is 34.6 Å². The molecule has 0 aliphatic heterocycles. The first-order valence-electron chi connectivity index (χ1n) is 11.3. The standard InChI is InChI=1S/C28H27N3O3/c1-4-16-34-28(33)22-6-5-7-23(18-22)29-26(32)13-12-24-27(21-10-8-19(2)9-11-21)30-25-17-20(3)14-15-31(24)25/h5-15,17-18H,4,16H2,1-3H3,(H,29,32)/b13-12+. The summed E-state index contributed by atoms with van der Waals surface area (Å²) in [5.41, 5.74) is 6.60. The van der Waals surface area contributed by atoms with Gasteiger partial charge >= 0.3 is 5.97 Å². The van der Waals surface area contributed by atoms with Crippen LogP contribution in [0, 0.1) is 13.8 Å². The molecule has 6 heteroatoms. The highest BCUT2D eigenvalue weighted by molar-refractivity contribution is 6.03. The third-order valence-corrected chi connectivity index (χ3v) is 5.34. The van der Waals surface area contributed by atoms with Gasteiger partial charge in [0.2, 0.25) is 5.91 Å². The maximum absolute atomic E-state index is 12.7. The molecule has 0 fully saturated rings. The second kappa shape index (κ2) is 10.2. The van der Waals surface area contributed by atoms with Gasteiger partial charge < -0.3 is 10.1 Å². The summed E-state index contributed by atoms with van der Waals surface area (Å²) >= 11 is 0. The topological polar surface area (TPSA) is 72.7 Å². The van der Waals surface area contributed by atoms with E-state index in [9.17, 15) is 9.59 Å². The Bertz CT molecular complexity index is 1370. The fourth-order valence-corrected chi connectivity index (χ4v) is 3.59. The van der Waals surface area contributed by atoms with Gasteiger partial charge in [-0.2, -0.15) is 0 Å². The summed E-state index contributed by atoms with van der Waals surface area (Å²) in [5.74, 6) is -0.715. The molecule has 0 radical (unpaired) electrons. The maximum atomic E-state index is 12.7. The summed E-state index contributed by atoms with van der Waals surface area (Å²) in [7, 11) is 0. The van der Waals surface area contributed by atoms with Crippen molar-refractivity contribution in [1.82, 2.24) is 9.38 Å². The zero-order valence-corrected chi connectivity index (χ0v) is 19.5. The third kappa shape index (κ3) is 5.23. The van der Waals surface area contributed by atoms with Crippen molar-refractivity contribution in [3.63, 3.8) is 0 Å². The number of amides is 1. The van der Waals surface area contributed by atoms with Crippen LogP contribution in [0.4, 0.5) is 5.69 Å². The van der Waals surface area contributed by atoms with Gasteiger partial charge in [0.05, 0.1) is 23.6 Å². The second-order valence-corrected chi connectivity index (χ2v) is 8.18. The van der Waals surface area contributed by atoms with Gasteiger partial charge in [0, 0.05) is 23.5 Å². The first-order valence-corrected chi connectivity index (χ1v) is 11.3. The van der Waals surface area contributed by atoms with Gasteiger partial charge in [0.15, 0.2) is 0 Å². The molecule has 4 aromatic rings. The van der Waals surface area contributed by atoms with Crippen molar-refractivity contribution < 1.29 is 14.3 Å². The predicted octanol–water partition coefficient (Wildman–Crippen LogP) is 5.84. The maximum Gasteiger partial charge on any atom is 0.338 e. The SMILES string of the molecule is CCCOC(=O)c1cccc(NC(=O)/C=C/c2c(-c3ccc(C)cc3)nc3cc(C)ccn23)c1. The minimum absolute atomic E-state index is 0.309. The molecule has 0 atom stereocenters. The van der Waals surface area contributed by atoms with Crippen molar-refractivity contribution in [2.75, 3.05) is 11.9 Å². The van der Waals surface area contributed by atoms with E-state index in [0.29, 0.717) is 17.9 Å². The molecule has 1 N–H and O–H groups in total. The quantitative estimate of drug-likeness (QED) is 0.282. The van der Waals surface area contributed by atoms with Gasteiger partial charge in [-0.1, -0.05) is 42.8 Å². The van der Waals surface area contributed by atoms with Crippen molar-refractivity contribution in [2.24, 2.45) is 0 Å². The molecule has 4 rings (SSSR count). The number of imidazole rings is 1. The van der Waals surface area contributed by atoms with Crippen molar-refractivity contribution in [3.8, 4) is 11.3 Å². The lowest BCUT2D eigenvalue weighted by Crippen LogP contribution is -2.10. The zero-order valence-electron chi connectivity index (χ0n) is 19.5. The molecule has 2 aromatic carbocycles. The van der Waals surface area contributed by atoms with Gasteiger partial charge in [-0.3, -0.25) is 9.20 Å². The number of carbonyl (C=O) groups excluding carboxylic acids is 2. The lowest BCUT2D eigenvalue weighted by molar-refractivity contribution is -0.111. The number of ether oxygens (including phenoxy) is 1. The minimum Gasteiger partial charge on any atom is -0.462 e. The Kier molecular flexibility index (Phi) is 6.87. The van der Waals surface area contributed by atoms with E-state index >= 15 is 0 Å². The molecule has 1 amide bonds. The molecule has 34 heavy (non-hydrogen) atoms. The van der Waals surface area contributed by atoms with E-state index in [1.54, 1.807) is 30.3 Å². The molecule has 2 aromatic heterocycles. The molecule has 6 nitrogen and oxygen atoms in total. The van der Waals surface area contributed by atoms with Gasteiger partial charge in [-0.25, -0.2) is 9.78 Å². The number of fused-ring (bicyclic) bond motifs is 1. The number of benzene rings is 2. The predicted molar refractivity (Wildman–Crippen MR) is 135 cm³/mol. The van der Waals surface area contributed by atoms with Crippen LogP contribution < -0.4 is 5.32 Å². The Hall–Kier alpha value is -4.19. The van der Waals surface area contributed by atoms with Gasteiger partial charge in [0.1, 0.15) is 5.65 Å². The largest absolute Gasteiger partial charge is 0.462 e. The lowest BCUT2D eigenvalue weighted by atomic mass is 10.1. The van der Waals surface area contributed by atoms with Crippen molar-refractivity contribution >= 4 is 29.3 Å². The molecule has 0 spiro atoms. The van der Waals surface area contributed by atoms with Crippen molar-refractivity contribution in [1.29, 1.82) is 0 Å². The number of anilines is 1. The molecule has 0 aliphatic carbocycles. The number of pyridine rings is 1. The van der Waals surface area contributed by atoms with Crippen LogP contribution in [0.25, 0.3) is 23.0 Å². The van der Waals surface area contributed by atoms with E-state index in [1.165, 1.54) is 11.6 Å². The number of aryl methyl sites for hydroxylation is 2. The number of nitrogens with one attached hydrogen (secondary N) is 1. The normalized spacial score (nSPS) is 11.1. The van der Waals surface area contributed by atoms with E-state index in [2.05, 4.69) is 5.32 Å². The summed E-state index contributed by atoms with van der Waals surface area (Å²) in [4.78, 5) is 29.6. The Morgan fingerprint density at radius 3 is 2.59 bits per heavy atom. The smallest absolute Gasteiger partial charge is 0.338 e. The van der Waals surface area contributed by atoms with Crippen LogP contribution in [0.1, 0.15) is 40.5 Å². The summed E-state index contributed by atoms with van der Waals surface area (Å²) in [5, 5.41) is 2.82. The monoisotopic (exact) mass is 453 g/mol. The van der Waals surface area contributed by atoms with E-state index < -0.39 is 5.97 Å². The number of nitrogens with zero attached hydrogens (tertiary/aromatic N) is 2. The molecule has 172 valence electrons. The molecule has 0 aliphatic rings. The van der Waals surface area contributed by atoms with Crippen molar-refractivity contribution in [2.45, 2.75) is 27.2 Å². The highest BCUT2D eigenvalue weighted by Crippen LogP contribution is 2.26. The van der Waals surface area contributed by atoms with Crippen LogP contribution in [0.15, 0.2) is 72.9 Å². The highest BCUT2D eigenvalue weighted by Gasteiger charge is 2.13. The Labute approximate surface area is 198 Å².